The molecule has 3 heterocycles. The molecule has 1 amide bonds. The predicted octanol–water partition coefficient (Wildman–Crippen LogP) is 5.14. The number of carbonyl (C=O) groups is 1. The molecule has 0 spiro atoms. The van der Waals surface area contributed by atoms with Crippen molar-refractivity contribution in [3.8, 4) is 16.3 Å². The Morgan fingerprint density at radius 3 is 2.47 bits per heavy atom. The minimum atomic E-state index is -4.62. The number of piperidine rings is 1. The fraction of sp³-hybridized carbons (Fsp3) is 0.440. The smallest absolute Gasteiger partial charge is 0.451 e. The molecule has 36 heavy (non-hydrogen) atoms. The van der Waals surface area contributed by atoms with E-state index in [0.29, 0.717) is 29.4 Å². The highest BCUT2D eigenvalue weighted by Gasteiger charge is 2.34. The molecule has 3 aromatic rings. The summed E-state index contributed by atoms with van der Waals surface area (Å²) in [5.41, 5.74) is 1.50. The number of halogens is 3. The zero-order chi connectivity index (χ0) is 25.9. The summed E-state index contributed by atoms with van der Waals surface area (Å²) in [5.74, 6) is -0.580. The molecule has 11 heteroatoms. The van der Waals surface area contributed by atoms with Crippen molar-refractivity contribution in [1.29, 1.82) is 0 Å². The highest BCUT2D eigenvalue weighted by atomic mass is 32.1. The molecule has 1 unspecified atom stereocenters. The fourth-order valence-electron chi connectivity index (χ4n) is 3.94. The standard InChI is InChI=1S/C25H28F3N5O2S/c1-15-11-29-23(36-15)19-8-18(9-21(10-19)35-14-17-4-6-33(3)7-5-17)22(34)32-16(2)20-12-30-24(31-13-20)25(26,27)28/h8-13,16-17H,4-7,14H2,1-3H3,(H,32,34). The van der Waals surface area contributed by atoms with Gasteiger partial charge in [0.25, 0.3) is 5.91 Å². The van der Waals surface area contributed by atoms with Crippen molar-refractivity contribution in [2.75, 3.05) is 26.7 Å². The number of ether oxygens (including phenoxy) is 1. The van der Waals surface area contributed by atoms with E-state index in [2.05, 4.69) is 32.2 Å². The van der Waals surface area contributed by atoms with E-state index in [9.17, 15) is 18.0 Å². The van der Waals surface area contributed by atoms with E-state index >= 15 is 0 Å². The third-order valence-electron chi connectivity index (χ3n) is 6.13. The summed E-state index contributed by atoms with van der Waals surface area (Å²) in [6.07, 6.45) is 1.42. The van der Waals surface area contributed by atoms with Crippen molar-refractivity contribution in [2.45, 2.75) is 38.9 Å². The van der Waals surface area contributed by atoms with Gasteiger partial charge in [0, 0.05) is 40.2 Å². The Hall–Kier alpha value is -3.05. The van der Waals surface area contributed by atoms with Crippen LogP contribution in [0.3, 0.4) is 0 Å². The minimum Gasteiger partial charge on any atom is -0.493 e. The Balaban J connectivity index is 1.51. The Kier molecular flexibility index (Phi) is 7.89. The van der Waals surface area contributed by atoms with Gasteiger partial charge in [-0.25, -0.2) is 15.0 Å². The average molecular weight is 520 g/mol. The topological polar surface area (TPSA) is 80.2 Å². The molecule has 1 fully saturated rings. The Morgan fingerprint density at radius 1 is 1.17 bits per heavy atom. The van der Waals surface area contributed by atoms with E-state index in [4.69, 9.17) is 4.74 Å². The molecule has 7 nitrogen and oxygen atoms in total. The first-order valence-corrected chi connectivity index (χ1v) is 12.5. The maximum atomic E-state index is 13.1. The maximum Gasteiger partial charge on any atom is 0.451 e. The van der Waals surface area contributed by atoms with Crippen molar-refractivity contribution in [3.63, 3.8) is 0 Å². The summed E-state index contributed by atoms with van der Waals surface area (Å²) in [7, 11) is 2.11. The zero-order valence-electron chi connectivity index (χ0n) is 20.3. The predicted molar refractivity (Wildman–Crippen MR) is 131 cm³/mol. The molecule has 1 aliphatic heterocycles. The number of benzene rings is 1. The van der Waals surface area contributed by atoms with Crippen LogP contribution in [0.25, 0.3) is 10.6 Å². The van der Waals surface area contributed by atoms with Crippen molar-refractivity contribution >= 4 is 17.2 Å². The van der Waals surface area contributed by atoms with Crippen LogP contribution in [0.4, 0.5) is 13.2 Å². The van der Waals surface area contributed by atoms with E-state index in [1.54, 1.807) is 25.3 Å². The number of thiazole rings is 1. The van der Waals surface area contributed by atoms with Gasteiger partial charge in [0.1, 0.15) is 10.8 Å². The number of alkyl halides is 3. The van der Waals surface area contributed by atoms with Crippen LogP contribution in [-0.4, -0.2) is 52.5 Å². The molecule has 4 rings (SSSR count). The monoisotopic (exact) mass is 519 g/mol. The lowest BCUT2D eigenvalue weighted by Crippen LogP contribution is -2.32. The van der Waals surface area contributed by atoms with E-state index < -0.39 is 18.0 Å². The van der Waals surface area contributed by atoms with Crippen molar-refractivity contribution in [3.05, 3.63) is 58.6 Å². The Bertz CT molecular complexity index is 1190. The molecule has 0 bridgehead atoms. The van der Waals surface area contributed by atoms with Crippen molar-refractivity contribution in [1.82, 2.24) is 25.2 Å². The number of aryl methyl sites for hydroxylation is 1. The molecular weight excluding hydrogens is 491 g/mol. The van der Waals surface area contributed by atoms with Crippen LogP contribution in [0, 0.1) is 12.8 Å². The van der Waals surface area contributed by atoms with Crippen LogP contribution in [0.5, 0.6) is 5.75 Å². The number of likely N-dealkylation sites (tertiary alicyclic amines) is 1. The van der Waals surface area contributed by atoms with Crippen molar-refractivity contribution < 1.29 is 22.7 Å². The van der Waals surface area contributed by atoms with Gasteiger partial charge in [0.15, 0.2) is 0 Å². The van der Waals surface area contributed by atoms with Gasteiger partial charge in [-0.1, -0.05) is 0 Å². The number of hydrogen-bond acceptors (Lipinski definition) is 7. The first-order chi connectivity index (χ1) is 17.1. The quantitative estimate of drug-likeness (QED) is 0.466. The number of rotatable bonds is 7. The summed E-state index contributed by atoms with van der Waals surface area (Å²) < 4.78 is 44.4. The number of aromatic nitrogens is 3. The molecule has 1 saturated heterocycles. The third kappa shape index (κ3) is 6.58. The first kappa shape index (κ1) is 26.0. The highest BCUT2D eigenvalue weighted by molar-refractivity contribution is 7.14. The maximum absolute atomic E-state index is 13.1. The normalized spacial score (nSPS) is 16.1. The summed E-state index contributed by atoms with van der Waals surface area (Å²) in [4.78, 5) is 27.7. The number of hydrogen-bond donors (Lipinski definition) is 1. The zero-order valence-corrected chi connectivity index (χ0v) is 21.1. The number of nitrogens with one attached hydrogen (secondary N) is 1. The van der Waals surface area contributed by atoms with E-state index in [1.807, 2.05) is 13.0 Å². The molecule has 0 radical (unpaired) electrons. The van der Waals surface area contributed by atoms with E-state index in [1.165, 1.54) is 11.3 Å². The van der Waals surface area contributed by atoms with Crippen LogP contribution < -0.4 is 10.1 Å². The molecular formula is C25H28F3N5O2S. The summed E-state index contributed by atoms with van der Waals surface area (Å²) in [6.45, 7) is 6.25. The van der Waals surface area contributed by atoms with Crippen LogP contribution >= 0.6 is 11.3 Å². The lowest BCUT2D eigenvalue weighted by molar-refractivity contribution is -0.145. The highest BCUT2D eigenvalue weighted by Crippen LogP contribution is 2.31. The number of nitrogens with zero attached hydrogens (tertiary/aromatic N) is 4. The van der Waals surface area contributed by atoms with Crippen LogP contribution in [0.1, 0.15) is 52.4 Å². The van der Waals surface area contributed by atoms with Crippen molar-refractivity contribution in [2.24, 2.45) is 5.92 Å². The van der Waals surface area contributed by atoms with E-state index in [-0.39, 0.29) is 5.91 Å². The molecule has 192 valence electrons. The van der Waals surface area contributed by atoms with Gasteiger partial charge in [-0.2, -0.15) is 13.2 Å². The van der Waals surface area contributed by atoms with Gasteiger partial charge in [-0.3, -0.25) is 4.79 Å². The Labute approximate surface area is 211 Å². The Morgan fingerprint density at radius 2 is 1.86 bits per heavy atom. The molecule has 0 saturated carbocycles. The van der Waals surface area contributed by atoms with Gasteiger partial charge < -0.3 is 15.0 Å². The van der Waals surface area contributed by atoms with Gasteiger partial charge in [0.2, 0.25) is 5.82 Å². The summed E-state index contributed by atoms with van der Waals surface area (Å²) in [6, 6.07) is 4.71. The molecule has 1 N–H and O–H groups in total. The lowest BCUT2D eigenvalue weighted by atomic mass is 9.98. The summed E-state index contributed by atoms with van der Waals surface area (Å²) >= 11 is 1.52. The first-order valence-electron chi connectivity index (χ1n) is 11.7. The second-order valence-electron chi connectivity index (χ2n) is 9.11. The second-order valence-corrected chi connectivity index (χ2v) is 10.3. The molecule has 1 aromatic carbocycles. The SMILES string of the molecule is Cc1cnc(-c2cc(OCC3CCN(C)CC3)cc(C(=O)NC(C)c3cnc(C(F)(F)F)nc3)c2)s1. The van der Waals surface area contributed by atoms with Crippen LogP contribution in [-0.2, 0) is 6.18 Å². The molecule has 1 atom stereocenters. The minimum absolute atomic E-state index is 0.363. The average Bonchev–Trinajstić information content (AvgIpc) is 3.29. The third-order valence-corrected chi connectivity index (χ3v) is 7.10. The van der Waals surface area contributed by atoms with Gasteiger partial charge in [0.05, 0.1) is 12.6 Å². The van der Waals surface area contributed by atoms with Gasteiger partial charge in [-0.05, 0) is 70.9 Å². The number of amides is 1. The van der Waals surface area contributed by atoms with Gasteiger partial charge >= 0.3 is 6.18 Å². The summed E-state index contributed by atoms with van der Waals surface area (Å²) in [5, 5.41) is 3.59. The second kappa shape index (κ2) is 10.9. The van der Waals surface area contributed by atoms with Crippen LogP contribution in [0.2, 0.25) is 0 Å². The molecule has 2 aromatic heterocycles. The molecule has 0 aliphatic carbocycles. The lowest BCUT2D eigenvalue weighted by Gasteiger charge is -2.28. The largest absolute Gasteiger partial charge is 0.493 e. The van der Waals surface area contributed by atoms with Crippen LogP contribution in [0.15, 0.2) is 36.8 Å². The fourth-order valence-corrected chi connectivity index (χ4v) is 4.69. The number of carbonyl (C=O) groups excluding carboxylic acids is 1. The van der Waals surface area contributed by atoms with Gasteiger partial charge in [-0.15, -0.1) is 11.3 Å². The molecule has 1 aliphatic rings. The van der Waals surface area contributed by atoms with E-state index in [0.717, 1.165) is 53.8 Å².